The van der Waals surface area contributed by atoms with Gasteiger partial charge in [0, 0.05) is 25.6 Å². The molecular formula is C24H28N4O4. The first kappa shape index (κ1) is 20.1. The lowest BCUT2D eigenvalue weighted by atomic mass is 9.74. The maximum atomic E-state index is 13.1. The molecule has 6 rings (SSSR count). The zero-order chi connectivity index (χ0) is 22.0. The van der Waals surface area contributed by atoms with Crippen LogP contribution in [0.3, 0.4) is 0 Å². The summed E-state index contributed by atoms with van der Waals surface area (Å²) in [4.78, 5) is 53.6. The summed E-state index contributed by atoms with van der Waals surface area (Å²) >= 11 is 0. The van der Waals surface area contributed by atoms with Crippen molar-refractivity contribution < 1.29 is 19.2 Å². The normalized spacial score (nSPS) is 29.6. The second kappa shape index (κ2) is 7.22. The van der Waals surface area contributed by atoms with Crippen molar-refractivity contribution in [3.05, 3.63) is 34.4 Å². The molecule has 5 aliphatic rings. The Morgan fingerprint density at radius 3 is 2.16 bits per heavy atom. The van der Waals surface area contributed by atoms with E-state index < -0.39 is 23.8 Å². The van der Waals surface area contributed by atoms with Crippen molar-refractivity contribution in [3.8, 4) is 0 Å². The van der Waals surface area contributed by atoms with E-state index in [4.69, 9.17) is 0 Å². The van der Waals surface area contributed by atoms with Crippen molar-refractivity contribution in [2.75, 3.05) is 13.1 Å². The smallest absolute Gasteiger partial charge is 0.262 e. The van der Waals surface area contributed by atoms with Gasteiger partial charge in [0.1, 0.15) is 6.04 Å². The minimum atomic E-state index is -0.912. The summed E-state index contributed by atoms with van der Waals surface area (Å²) in [7, 11) is 0. The number of nitrogens with zero attached hydrogens (tertiary/aromatic N) is 2. The third-order valence-corrected chi connectivity index (χ3v) is 8.41. The lowest BCUT2D eigenvalue weighted by molar-refractivity contribution is -0.136. The number of benzene rings is 1. The number of amides is 4. The highest BCUT2D eigenvalue weighted by Gasteiger charge is 2.48. The first-order chi connectivity index (χ1) is 15.5. The highest BCUT2D eigenvalue weighted by molar-refractivity contribution is 6.23. The van der Waals surface area contributed by atoms with Gasteiger partial charge in [0.25, 0.3) is 11.8 Å². The van der Waals surface area contributed by atoms with Crippen molar-refractivity contribution in [2.45, 2.75) is 70.1 Å². The molecule has 2 unspecified atom stereocenters. The van der Waals surface area contributed by atoms with Gasteiger partial charge in [-0.2, -0.15) is 0 Å². The number of rotatable bonds is 2. The molecular weight excluding hydrogens is 408 g/mol. The fourth-order valence-corrected chi connectivity index (χ4v) is 6.81. The second-order valence-electron chi connectivity index (χ2n) is 10.0. The van der Waals surface area contributed by atoms with Gasteiger partial charge in [-0.05, 0) is 73.9 Å². The average Bonchev–Trinajstić information content (AvgIpc) is 3.43. The Labute approximate surface area is 186 Å². The molecule has 8 nitrogen and oxygen atoms in total. The first-order valence-electron chi connectivity index (χ1n) is 11.8. The van der Waals surface area contributed by atoms with E-state index >= 15 is 0 Å². The lowest BCUT2D eigenvalue weighted by Crippen LogP contribution is -2.54. The monoisotopic (exact) mass is 436 g/mol. The SMILES string of the molecule is O=C1CCC(N2C(=O)c3cc4c(cc3C2=O)CN(C2CCCC23CCNCC3)C4)C(=O)N1. The van der Waals surface area contributed by atoms with Crippen LogP contribution in [0.4, 0.5) is 0 Å². The van der Waals surface area contributed by atoms with Crippen LogP contribution in [0, 0.1) is 5.41 Å². The molecule has 1 aliphatic carbocycles. The maximum Gasteiger partial charge on any atom is 0.262 e. The predicted molar refractivity (Wildman–Crippen MR) is 115 cm³/mol. The number of carbonyl (C=O) groups excluding carboxylic acids is 4. The Morgan fingerprint density at radius 1 is 0.875 bits per heavy atom. The van der Waals surface area contributed by atoms with E-state index in [1.165, 1.54) is 32.1 Å². The fraction of sp³-hybridized carbons (Fsp3) is 0.583. The number of piperidine rings is 2. The van der Waals surface area contributed by atoms with Crippen LogP contribution in [-0.2, 0) is 22.7 Å². The molecule has 32 heavy (non-hydrogen) atoms. The average molecular weight is 437 g/mol. The van der Waals surface area contributed by atoms with E-state index in [1.54, 1.807) is 0 Å². The molecule has 2 saturated heterocycles. The number of hydrogen-bond acceptors (Lipinski definition) is 6. The van der Waals surface area contributed by atoms with Gasteiger partial charge in [0.15, 0.2) is 0 Å². The first-order valence-corrected chi connectivity index (χ1v) is 11.8. The van der Waals surface area contributed by atoms with Crippen LogP contribution < -0.4 is 10.6 Å². The Morgan fingerprint density at radius 2 is 1.53 bits per heavy atom. The minimum absolute atomic E-state index is 0.133. The molecule has 4 aliphatic heterocycles. The molecule has 2 N–H and O–H groups in total. The molecule has 1 spiro atoms. The molecule has 1 aromatic rings. The summed E-state index contributed by atoms with van der Waals surface area (Å²) in [6, 6.07) is 3.39. The van der Waals surface area contributed by atoms with Gasteiger partial charge in [-0.3, -0.25) is 34.3 Å². The van der Waals surface area contributed by atoms with Crippen molar-refractivity contribution in [2.24, 2.45) is 5.41 Å². The van der Waals surface area contributed by atoms with Crippen LogP contribution in [0.15, 0.2) is 12.1 Å². The molecule has 4 heterocycles. The largest absolute Gasteiger partial charge is 0.317 e. The van der Waals surface area contributed by atoms with Crippen LogP contribution >= 0.6 is 0 Å². The number of fused-ring (bicyclic) bond motifs is 2. The number of hydrogen-bond donors (Lipinski definition) is 2. The lowest BCUT2D eigenvalue weighted by Gasteiger charge is -2.43. The van der Waals surface area contributed by atoms with E-state index in [2.05, 4.69) is 15.5 Å². The van der Waals surface area contributed by atoms with Crippen LogP contribution in [-0.4, -0.2) is 58.6 Å². The summed E-state index contributed by atoms with van der Waals surface area (Å²) in [6.45, 7) is 3.79. The minimum Gasteiger partial charge on any atom is -0.317 e. The molecule has 0 radical (unpaired) electrons. The summed E-state index contributed by atoms with van der Waals surface area (Å²) in [5.74, 6) is -1.77. The van der Waals surface area contributed by atoms with Crippen molar-refractivity contribution in [1.82, 2.24) is 20.4 Å². The molecule has 3 fully saturated rings. The highest BCUT2D eigenvalue weighted by atomic mass is 16.2. The van der Waals surface area contributed by atoms with Crippen LogP contribution in [0.5, 0.6) is 0 Å². The van der Waals surface area contributed by atoms with Crippen molar-refractivity contribution in [3.63, 3.8) is 0 Å². The summed E-state index contributed by atoms with van der Waals surface area (Å²) < 4.78 is 0. The van der Waals surface area contributed by atoms with E-state index in [9.17, 15) is 19.2 Å². The van der Waals surface area contributed by atoms with Gasteiger partial charge in [-0.1, -0.05) is 6.42 Å². The zero-order valence-electron chi connectivity index (χ0n) is 18.1. The Kier molecular flexibility index (Phi) is 4.52. The summed E-state index contributed by atoms with van der Waals surface area (Å²) in [5, 5.41) is 5.74. The fourth-order valence-electron chi connectivity index (χ4n) is 6.81. The maximum absolute atomic E-state index is 13.1. The Hall–Kier alpha value is -2.58. The molecule has 1 aromatic carbocycles. The van der Waals surface area contributed by atoms with E-state index in [1.807, 2.05) is 12.1 Å². The van der Waals surface area contributed by atoms with Gasteiger partial charge in [-0.25, -0.2) is 0 Å². The number of carbonyl (C=O) groups is 4. The highest BCUT2D eigenvalue weighted by Crippen LogP contribution is 2.49. The third-order valence-electron chi connectivity index (χ3n) is 8.41. The van der Waals surface area contributed by atoms with Crippen LogP contribution in [0.1, 0.15) is 76.8 Å². The van der Waals surface area contributed by atoms with Crippen molar-refractivity contribution in [1.29, 1.82) is 0 Å². The standard InChI is InChI=1S/C24H28N4O4/c29-20-4-3-18(21(30)26-20)28-22(31)16-10-14-12-27(13-15(14)11-17(16)23(28)32)19-2-1-5-24(19)6-8-25-9-7-24/h10-11,18-19,25H,1-9,12-13H2,(H,26,29,30). The molecule has 8 heteroatoms. The number of nitrogens with one attached hydrogen (secondary N) is 2. The van der Waals surface area contributed by atoms with Gasteiger partial charge >= 0.3 is 0 Å². The van der Waals surface area contributed by atoms with Crippen LogP contribution in [0.25, 0.3) is 0 Å². The van der Waals surface area contributed by atoms with Crippen molar-refractivity contribution >= 4 is 23.6 Å². The summed E-state index contributed by atoms with van der Waals surface area (Å²) in [5.41, 5.74) is 3.41. The Balaban J connectivity index is 1.25. The zero-order valence-corrected chi connectivity index (χ0v) is 18.1. The van der Waals surface area contributed by atoms with Gasteiger partial charge in [0.05, 0.1) is 11.1 Å². The molecule has 0 aromatic heterocycles. The molecule has 0 bridgehead atoms. The summed E-state index contributed by atoms with van der Waals surface area (Å²) in [6.07, 6.45) is 6.54. The predicted octanol–water partition coefficient (Wildman–Crippen LogP) is 1.33. The molecule has 168 valence electrons. The van der Waals surface area contributed by atoms with E-state index in [0.29, 0.717) is 22.6 Å². The second-order valence-corrected chi connectivity index (χ2v) is 10.0. The van der Waals surface area contributed by atoms with Gasteiger partial charge in [-0.15, -0.1) is 0 Å². The number of imide groups is 2. The topological polar surface area (TPSA) is 98.8 Å². The van der Waals surface area contributed by atoms with Crippen LogP contribution in [0.2, 0.25) is 0 Å². The Bertz CT molecular complexity index is 1000. The van der Waals surface area contributed by atoms with Gasteiger partial charge in [0.2, 0.25) is 11.8 Å². The molecule has 1 saturated carbocycles. The third kappa shape index (κ3) is 2.89. The van der Waals surface area contributed by atoms with E-state index in [-0.39, 0.29) is 18.7 Å². The van der Waals surface area contributed by atoms with E-state index in [0.717, 1.165) is 42.2 Å². The quantitative estimate of drug-likeness (QED) is 0.679. The molecule has 4 amide bonds. The molecule has 2 atom stereocenters. The van der Waals surface area contributed by atoms with Gasteiger partial charge < -0.3 is 5.32 Å².